The molecule has 2 heteroatoms. The molecule has 0 spiro atoms. The Morgan fingerprint density at radius 1 is 0.857 bits per heavy atom. The maximum atomic E-state index is 5.76. The zero-order chi connectivity index (χ0) is 11.4. The van der Waals surface area contributed by atoms with E-state index < -0.39 is 0 Å². The molecule has 0 radical (unpaired) electrons. The number of ether oxygens (including phenoxy) is 2. The minimum Gasteiger partial charge on any atom is -0.373 e. The summed E-state index contributed by atoms with van der Waals surface area (Å²) in [5, 5.41) is 0. The van der Waals surface area contributed by atoms with Crippen molar-refractivity contribution in [1.29, 1.82) is 0 Å². The maximum Gasteiger partial charge on any atom is 0.0708 e. The fourth-order valence-electron chi connectivity index (χ4n) is 0.819. The third-order valence-electron chi connectivity index (χ3n) is 2.48. The summed E-state index contributed by atoms with van der Waals surface area (Å²) in [5.41, 5.74) is -0.118. The van der Waals surface area contributed by atoms with E-state index in [1.165, 1.54) is 0 Å². The lowest BCUT2D eigenvalue weighted by molar-refractivity contribution is -0.0947. The fraction of sp³-hybridized carbons (Fsp3) is 1.00. The standard InChI is InChI=1S/C12H26O2/c1-10(2)12(6,7)14-9-8-13-11(3,4)5/h10H,8-9H2,1-7H3. The molecule has 0 heterocycles. The highest BCUT2D eigenvalue weighted by Crippen LogP contribution is 2.20. The summed E-state index contributed by atoms with van der Waals surface area (Å²) in [5.74, 6) is 0.525. The van der Waals surface area contributed by atoms with Gasteiger partial charge in [0.05, 0.1) is 24.4 Å². The molecule has 14 heavy (non-hydrogen) atoms. The lowest BCUT2D eigenvalue weighted by Crippen LogP contribution is -2.33. The smallest absolute Gasteiger partial charge is 0.0708 e. The molecule has 0 unspecified atom stereocenters. The third kappa shape index (κ3) is 6.39. The molecule has 0 aromatic rings. The molecule has 0 aliphatic heterocycles. The van der Waals surface area contributed by atoms with Crippen LogP contribution in [0, 0.1) is 5.92 Å². The first-order chi connectivity index (χ1) is 6.15. The van der Waals surface area contributed by atoms with Crippen molar-refractivity contribution in [1.82, 2.24) is 0 Å². The van der Waals surface area contributed by atoms with Crippen LogP contribution in [0.2, 0.25) is 0 Å². The Hall–Kier alpha value is -0.0800. The quantitative estimate of drug-likeness (QED) is 0.637. The number of rotatable bonds is 5. The predicted molar refractivity (Wildman–Crippen MR) is 60.6 cm³/mol. The van der Waals surface area contributed by atoms with Gasteiger partial charge in [0.1, 0.15) is 0 Å². The van der Waals surface area contributed by atoms with Crippen LogP contribution < -0.4 is 0 Å². The highest BCUT2D eigenvalue weighted by atomic mass is 16.5. The lowest BCUT2D eigenvalue weighted by atomic mass is 9.95. The maximum absolute atomic E-state index is 5.76. The van der Waals surface area contributed by atoms with Crippen LogP contribution in [0.3, 0.4) is 0 Å². The molecule has 0 rings (SSSR count). The van der Waals surface area contributed by atoms with E-state index in [4.69, 9.17) is 9.47 Å². The van der Waals surface area contributed by atoms with Gasteiger partial charge in [0.2, 0.25) is 0 Å². The van der Waals surface area contributed by atoms with Crippen LogP contribution in [0.5, 0.6) is 0 Å². The Bertz CT molecular complexity index is 154. The summed E-state index contributed by atoms with van der Waals surface area (Å²) < 4.78 is 11.3. The van der Waals surface area contributed by atoms with E-state index in [0.29, 0.717) is 19.1 Å². The topological polar surface area (TPSA) is 18.5 Å². The van der Waals surface area contributed by atoms with Gasteiger partial charge in [0.25, 0.3) is 0 Å². The molecule has 0 N–H and O–H groups in total. The van der Waals surface area contributed by atoms with E-state index in [-0.39, 0.29) is 11.2 Å². The van der Waals surface area contributed by atoms with Gasteiger partial charge in [0.15, 0.2) is 0 Å². The molecule has 0 amide bonds. The van der Waals surface area contributed by atoms with Crippen LogP contribution in [0.15, 0.2) is 0 Å². The fourth-order valence-corrected chi connectivity index (χ4v) is 0.819. The molecule has 0 aromatic carbocycles. The van der Waals surface area contributed by atoms with Crippen LogP contribution in [0.4, 0.5) is 0 Å². The van der Waals surface area contributed by atoms with Gasteiger partial charge in [-0.25, -0.2) is 0 Å². The van der Waals surface area contributed by atoms with Gasteiger partial charge in [0, 0.05) is 0 Å². The second kappa shape index (κ2) is 5.13. The molecule has 0 saturated carbocycles. The minimum atomic E-state index is -0.0642. The molecule has 86 valence electrons. The molecule has 2 nitrogen and oxygen atoms in total. The normalized spacial score (nSPS) is 13.7. The van der Waals surface area contributed by atoms with Gasteiger partial charge in [-0.1, -0.05) is 13.8 Å². The van der Waals surface area contributed by atoms with Crippen molar-refractivity contribution in [3.05, 3.63) is 0 Å². The predicted octanol–water partition coefficient (Wildman–Crippen LogP) is 3.25. The van der Waals surface area contributed by atoms with Crippen LogP contribution in [-0.4, -0.2) is 24.4 Å². The SMILES string of the molecule is CC(C)C(C)(C)OCCOC(C)(C)C. The summed E-state index contributed by atoms with van der Waals surface area (Å²) in [6, 6.07) is 0. The molecule has 0 aromatic heterocycles. The van der Waals surface area contributed by atoms with E-state index in [0.717, 1.165) is 0 Å². The molecular weight excluding hydrogens is 176 g/mol. The summed E-state index contributed by atoms with van der Waals surface area (Å²) in [7, 11) is 0. The van der Waals surface area contributed by atoms with Crippen molar-refractivity contribution in [3.63, 3.8) is 0 Å². The van der Waals surface area contributed by atoms with Crippen LogP contribution >= 0.6 is 0 Å². The Balaban J connectivity index is 3.65. The van der Waals surface area contributed by atoms with Gasteiger partial charge < -0.3 is 9.47 Å². The van der Waals surface area contributed by atoms with Gasteiger partial charge in [-0.2, -0.15) is 0 Å². The van der Waals surface area contributed by atoms with Gasteiger partial charge in [-0.05, 0) is 40.5 Å². The van der Waals surface area contributed by atoms with Crippen LogP contribution in [0.1, 0.15) is 48.5 Å². The van der Waals surface area contributed by atoms with Crippen molar-refractivity contribution < 1.29 is 9.47 Å². The molecule has 0 fully saturated rings. The molecular formula is C12H26O2. The summed E-state index contributed by atoms with van der Waals surface area (Å²) in [4.78, 5) is 0. The van der Waals surface area contributed by atoms with Gasteiger partial charge in [-0.3, -0.25) is 0 Å². The molecule has 0 aliphatic rings. The summed E-state index contributed by atoms with van der Waals surface area (Å²) >= 11 is 0. The first kappa shape index (κ1) is 13.9. The Morgan fingerprint density at radius 3 is 1.64 bits per heavy atom. The van der Waals surface area contributed by atoms with E-state index in [9.17, 15) is 0 Å². The van der Waals surface area contributed by atoms with Crippen LogP contribution in [0.25, 0.3) is 0 Å². The van der Waals surface area contributed by atoms with Gasteiger partial charge >= 0.3 is 0 Å². The van der Waals surface area contributed by atoms with E-state index in [1.807, 2.05) is 0 Å². The van der Waals surface area contributed by atoms with Crippen molar-refractivity contribution in [2.75, 3.05) is 13.2 Å². The van der Waals surface area contributed by atoms with Crippen molar-refractivity contribution in [2.45, 2.75) is 59.7 Å². The average Bonchev–Trinajstić information content (AvgIpc) is 1.96. The molecule has 0 saturated heterocycles. The second-order valence-corrected chi connectivity index (χ2v) is 5.57. The van der Waals surface area contributed by atoms with Crippen molar-refractivity contribution in [3.8, 4) is 0 Å². The zero-order valence-corrected chi connectivity index (χ0v) is 10.8. The monoisotopic (exact) mass is 202 g/mol. The minimum absolute atomic E-state index is 0.0543. The third-order valence-corrected chi connectivity index (χ3v) is 2.48. The molecule has 0 atom stereocenters. The second-order valence-electron chi connectivity index (χ2n) is 5.57. The largest absolute Gasteiger partial charge is 0.373 e. The summed E-state index contributed by atoms with van der Waals surface area (Å²) in [6.45, 7) is 16.1. The zero-order valence-electron chi connectivity index (χ0n) is 10.8. The Kier molecular flexibility index (Phi) is 5.10. The Labute approximate surface area is 89.0 Å². The molecule has 0 aliphatic carbocycles. The van der Waals surface area contributed by atoms with E-state index >= 15 is 0 Å². The highest BCUT2D eigenvalue weighted by molar-refractivity contribution is 4.72. The highest BCUT2D eigenvalue weighted by Gasteiger charge is 2.22. The van der Waals surface area contributed by atoms with Crippen molar-refractivity contribution in [2.24, 2.45) is 5.92 Å². The molecule has 0 bridgehead atoms. The lowest BCUT2D eigenvalue weighted by Gasteiger charge is -2.30. The Morgan fingerprint density at radius 2 is 1.29 bits per heavy atom. The van der Waals surface area contributed by atoms with Crippen LogP contribution in [-0.2, 0) is 9.47 Å². The first-order valence-corrected chi connectivity index (χ1v) is 5.43. The van der Waals surface area contributed by atoms with Crippen molar-refractivity contribution >= 4 is 0 Å². The number of hydrogen-bond acceptors (Lipinski definition) is 2. The number of hydrogen-bond donors (Lipinski definition) is 0. The van der Waals surface area contributed by atoms with E-state index in [1.54, 1.807) is 0 Å². The summed E-state index contributed by atoms with van der Waals surface area (Å²) in [6.07, 6.45) is 0. The van der Waals surface area contributed by atoms with E-state index in [2.05, 4.69) is 48.5 Å². The first-order valence-electron chi connectivity index (χ1n) is 5.43. The van der Waals surface area contributed by atoms with Gasteiger partial charge in [-0.15, -0.1) is 0 Å². The average molecular weight is 202 g/mol.